The molecule has 2 saturated heterocycles. The number of hydrogen-bond acceptors (Lipinski definition) is 3. The molecule has 3 heterocycles. The van der Waals surface area contributed by atoms with E-state index in [-0.39, 0.29) is 0 Å². The molecule has 2 fully saturated rings. The highest BCUT2D eigenvalue weighted by atomic mass is 15.3. The van der Waals surface area contributed by atoms with Gasteiger partial charge in [-0.3, -0.25) is 9.80 Å². The van der Waals surface area contributed by atoms with Crippen LogP contribution in [0.1, 0.15) is 24.8 Å². The van der Waals surface area contributed by atoms with Crippen molar-refractivity contribution in [1.29, 1.82) is 0 Å². The summed E-state index contributed by atoms with van der Waals surface area (Å²) in [5.41, 5.74) is 2.84. The van der Waals surface area contributed by atoms with E-state index in [2.05, 4.69) is 39.4 Å². The topological polar surface area (TPSA) is 18.5 Å². The second kappa shape index (κ2) is 5.38. The zero-order valence-corrected chi connectivity index (χ0v) is 12.2. The average molecular weight is 271 g/mol. The summed E-state index contributed by atoms with van der Waals surface area (Å²) in [6, 6.07) is 10.3. The van der Waals surface area contributed by atoms with Gasteiger partial charge in [0.2, 0.25) is 0 Å². The molecule has 2 atom stereocenters. The van der Waals surface area contributed by atoms with Gasteiger partial charge < -0.3 is 5.32 Å². The van der Waals surface area contributed by atoms with Gasteiger partial charge in [0.25, 0.3) is 0 Å². The largest absolute Gasteiger partial charge is 0.383 e. The van der Waals surface area contributed by atoms with Gasteiger partial charge >= 0.3 is 0 Å². The van der Waals surface area contributed by atoms with Crippen molar-refractivity contribution in [1.82, 2.24) is 9.80 Å². The highest BCUT2D eigenvalue weighted by Crippen LogP contribution is 2.27. The quantitative estimate of drug-likeness (QED) is 0.845. The Morgan fingerprint density at radius 3 is 2.80 bits per heavy atom. The van der Waals surface area contributed by atoms with E-state index in [4.69, 9.17) is 0 Å². The summed E-state index contributed by atoms with van der Waals surface area (Å²) in [4.78, 5) is 5.49. The molecule has 3 nitrogen and oxygen atoms in total. The molecule has 1 N–H and O–H groups in total. The lowest BCUT2D eigenvalue weighted by Gasteiger charge is -2.36. The fraction of sp³-hybridized carbons (Fsp3) is 0.647. The molecule has 0 radical (unpaired) electrons. The van der Waals surface area contributed by atoms with Crippen molar-refractivity contribution in [3.63, 3.8) is 0 Å². The Labute approximate surface area is 121 Å². The number of nitrogens with one attached hydrogen (secondary N) is 1. The molecule has 20 heavy (non-hydrogen) atoms. The van der Waals surface area contributed by atoms with Gasteiger partial charge in [-0.2, -0.15) is 0 Å². The third-order valence-corrected chi connectivity index (χ3v) is 5.35. The predicted molar refractivity (Wildman–Crippen MR) is 83.2 cm³/mol. The van der Waals surface area contributed by atoms with Gasteiger partial charge in [-0.25, -0.2) is 0 Å². The van der Waals surface area contributed by atoms with E-state index in [0.717, 1.165) is 12.6 Å². The van der Waals surface area contributed by atoms with Crippen LogP contribution < -0.4 is 5.32 Å². The first-order valence-corrected chi connectivity index (χ1v) is 8.20. The maximum Gasteiger partial charge on any atom is 0.0373 e. The van der Waals surface area contributed by atoms with E-state index < -0.39 is 0 Å². The molecule has 0 bridgehead atoms. The first kappa shape index (κ1) is 12.7. The van der Waals surface area contributed by atoms with E-state index in [9.17, 15) is 0 Å². The molecular weight excluding hydrogens is 246 g/mol. The van der Waals surface area contributed by atoms with E-state index in [1.54, 1.807) is 0 Å². The third kappa shape index (κ3) is 2.33. The Morgan fingerprint density at radius 2 is 1.80 bits per heavy atom. The Bertz CT molecular complexity index is 473. The molecule has 0 amide bonds. The second-order valence-corrected chi connectivity index (χ2v) is 6.58. The van der Waals surface area contributed by atoms with Crippen molar-refractivity contribution in [2.75, 3.05) is 38.0 Å². The molecule has 0 saturated carbocycles. The van der Waals surface area contributed by atoms with Gasteiger partial charge in [0.1, 0.15) is 0 Å². The number of para-hydroxylation sites is 1. The lowest BCUT2D eigenvalue weighted by Crippen LogP contribution is -2.47. The monoisotopic (exact) mass is 271 g/mol. The van der Waals surface area contributed by atoms with Crippen LogP contribution >= 0.6 is 0 Å². The van der Waals surface area contributed by atoms with E-state index >= 15 is 0 Å². The summed E-state index contributed by atoms with van der Waals surface area (Å²) in [6.45, 7) is 6.34. The Balaban J connectivity index is 1.48. The molecule has 0 aliphatic carbocycles. The average Bonchev–Trinajstić information content (AvgIpc) is 2.84. The van der Waals surface area contributed by atoms with Crippen molar-refractivity contribution in [3.8, 4) is 0 Å². The van der Waals surface area contributed by atoms with Gasteiger partial charge in [0.15, 0.2) is 0 Å². The first-order chi connectivity index (χ1) is 9.90. The minimum atomic E-state index is 0.686. The molecule has 3 heteroatoms. The molecule has 0 spiro atoms. The molecule has 3 aliphatic rings. The summed E-state index contributed by atoms with van der Waals surface area (Å²) in [7, 11) is 0. The summed E-state index contributed by atoms with van der Waals surface area (Å²) >= 11 is 0. The summed E-state index contributed by atoms with van der Waals surface area (Å²) in [5, 5.41) is 3.63. The second-order valence-electron chi connectivity index (χ2n) is 6.58. The molecule has 2 unspecified atom stereocenters. The minimum absolute atomic E-state index is 0.686. The maximum atomic E-state index is 3.63. The number of fused-ring (bicyclic) bond motifs is 2. The number of rotatable bonds is 1. The third-order valence-electron chi connectivity index (χ3n) is 5.35. The van der Waals surface area contributed by atoms with E-state index in [1.807, 2.05) is 0 Å². The molecule has 4 rings (SSSR count). The molecule has 1 aromatic rings. The Kier molecular flexibility index (Phi) is 3.41. The van der Waals surface area contributed by atoms with Crippen LogP contribution in [0, 0.1) is 0 Å². The van der Waals surface area contributed by atoms with Crippen LogP contribution in [0.4, 0.5) is 5.69 Å². The van der Waals surface area contributed by atoms with Crippen LogP contribution in [-0.2, 0) is 6.42 Å². The highest BCUT2D eigenvalue weighted by molar-refractivity contribution is 5.53. The predicted octanol–water partition coefficient (Wildman–Crippen LogP) is 2.19. The van der Waals surface area contributed by atoms with Crippen molar-refractivity contribution in [2.45, 2.75) is 37.8 Å². The van der Waals surface area contributed by atoms with Crippen LogP contribution in [0.15, 0.2) is 24.3 Å². The zero-order chi connectivity index (χ0) is 13.4. The molecule has 3 aliphatic heterocycles. The Hall–Kier alpha value is -1.06. The Morgan fingerprint density at radius 1 is 0.950 bits per heavy atom. The minimum Gasteiger partial charge on any atom is -0.383 e. The fourth-order valence-electron chi connectivity index (χ4n) is 4.25. The van der Waals surface area contributed by atoms with Crippen molar-refractivity contribution in [2.24, 2.45) is 0 Å². The number of benzene rings is 1. The van der Waals surface area contributed by atoms with Gasteiger partial charge in [-0.15, -0.1) is 0 Å². The van der Waals surface area contributed by atoms with Crippen molar-refractivity contribution >= 4 is 5.69 Å². The van der Waals surface area contributed by atoms with Crippen LogP contribution in [0.25, 0.3) is 0 Å². The van der Waals surface area contributed by atoms with E-state index in [0.29, 0.717) is 6.04 Å². The van der Waals surface area contributed by atoms with Crippen LogP contribution in [0.2, 0.25) is 0 Å². The standard InChI is InChI=1S/C17H25N3/c1-2-7-17-14(5-1)11-16(12-18-17)20-10-4-9-19-8-3-6-15(19)13-20/h1-2,5,7,15-16,18H,3-4,6,8-13H2. The summed E-state index contributed by atoms with van der Waals surface area (Å²) < 4.78 is 0. The fourth-order valence-corrected chi connectivity index (χ4v) is 4.25. The summed E-state index contributed by atoms with van der Waals surface area (Å²) in [5.74, 6) is 0. The lowest BCUT2D eigenvalue weighted by atomic mass is 9.98. The smallest absolute Gasteiger partial charge is 0.0373 e. The molecule has 108 valence electrons. The van der Waals surface area contributed by atoms with Gasteiger partial charge in [0.05, 0.1) is 0 Å². The van der Waals surface area contributed by atoms with Gasteiger partial charge in [-0.05, 0) is 56.9 Å². The zero-order valence-electron chi connectivity index (χ0n) is 12.2. The summed E-state index contributed by atoms with van der Waals surface area (Å²) in [6.07, 6.45) is 5.38. The molecule has 1 aromatic carbocycles. The highest BCUT2D eigenvalue weighted by Gasteiger charge is 2.32. The first-order valence-electron chi connectivity index (χ1n) is 8.20. The molecule has 0 aromatic heterocycles. The van der Waals surface area contributed by atoms with Crippen LogP contribution in [0.5, 0.6) is 0 Å². The van der Waals surface area contributed by atoms with Crippen molar-refractivity contribution in [3.05, 3.63) is 29.8 Å². The number of nitrogens with zero attached hydrogens (tertiary/aromatic N) is 2. The number of anilines is 1. The molecular formula is C17H25N3. The van der Waals surface area contributed by atoms with Crippen LogP contribution in [-0.4, -0.2) is 54.6 Å². The normalized spacial score (nSPS) is 31.2. The van der Waals surface area contributed by atoms with Crippen molar-refractivity contribution < 1.29 is 0 Å². The SMILES string of the molecule is c1ccc2c(c1)CC(N1CCCN3CCCC3C1)CN2. The maximum absolute atomic E-state index is 3.63. The van der Waals surface area contributed by atoms with Crippen LogP contribution in [0.3, 0.4) is 0 Å². The van der Waals surface area contributed by atoms with Gasteiger partial charge in [-0.1, -0.05) is 18.2 Å². The van der Waals surface area contributed by atoms with Gasteiger partial charge in [0, 0.05) is 30.9 Å². The number of hydrogen-bond donors (Lipinski definition) is 1. The lowest BCUT2D eigenvalue weighted by molar-refractivity contribution is 0.175. The van der Waals surface area contributed by atoms with E-state index in [1.165, 1.54) is 63.1 Å².